The van der Waals surface area contributed by atoms with Gasteiger partial charge < -0.3 is 19.7 Å². The topological polar surface area (TPSA) is 96.4 Å². The fourth-order valence-corrected chi connectivity index (χ4v) is 3.01. The molecule has 1 fully saturated rings. The molecule has 3 unspecified atom stereocenters. The molecule has 1 aromatic rings. The van der Waals surface area contributed by atoms with Gasteiger partial charge in [0.1, 0.15) is 11.5 Å². The molecule has 0 aliphatic carbocycles. The second-order valence-corrected chi connectivity index (χ2v) is 6.27. The minimum Gasteiger partial charge on any atom is -0.508 e. The van der Waals surface area contributed by atoms with Crippen LogP contribution in [0.1, 0.15) is 42.1 Å². The van der Waals surface area contributed by atoms with Crippen molar-refractivity contribution in [1.29, 1.82) is 0 Å². The van der Waals surface area contributed by atoms with Crippen LogP contribution in [0.2, 0.25) is 0 Å². The van der Waals surface area contributed by atoms with Gasteiger partial charge in [0, 0.05) is 6.07 Å². The first kappa shape index (κ1) is 16.5. The zero-order chi connectivity index (χ0) is 17.3. The van der Waals surface area contributed by atoms with Crippen LogP contribution in [0.3, 0.4) is 0 Å². The molecular formula is C18H20O6. The summed E-state index contributed by atoms with van der Waals surface area (Å²) in [5, 5.41) is 19.7. The number of epoxide rings is 1. The SMILES string of the molecule is CC1CCC2OC2C/C=C/C(=O)c2c(O)cc(O)cc2CC(=O)O1. The molecule has 6 heteroatoms. The molecule has 0 aromatic heterocycles. The Hall–Kier alpha value is -2.34. The standard InChI is InChI=1S/C18H20O6/c1-10-5-6-16-15(24-16)4-2-3-13(20)18-11(8-17(22)23-10)7-12(19)9-14(18)21/h2-3,7,9-10,15-16,19,21H,4-6,8H2,1H3/b3-2+. The second kappa shape index (κ2) is 6.65. The van der Waals surface area contributed by atoms with Crippen molar-refractivity contribution in [3.8, 4) is 11.5 Å². The van der Waals surface area contributed by atoms with E-state index in [-0.39, 0.29) is 47.4 Å². The average Bonchev–Trinajstić information content (AvgIpc) is 3.22. The van der Waals surface area contributed by atoms with E-state index in [1.165, 1.54) is 12.1 Å². The van der Waals surface area contributed by atoms with E-state index in [0.717, 1.165) is 12.5 Å². The maximum atomic E-state index is 12.4. The van der Waals surface area contributed by atoms with Gasteiger partial charge in [-0.3, -0.25) is 9.59 Å². The van der Waals surface area contributed by atoms with Gasteiger partial charge in [-0.05, 0) is 43.9 Å². The molecule has 0 radical (unpaired) electrons. The Labute approximate surface area is 139 Å². The summed E-state index contributed by atoms with van der Waals surface area (Å²) in [6, 6.07) is 2.39. The Balaban J connectivity index is 1.92. The van der Waals surface area contributed by atoms with Gasteiger partial charge >= 0.3 is 5.97 Å². The van der Waals surface area contributed by atoms with Crippen LogP contribution in [0.15, 0.2) is 24.3 Å². The minimum absolute atomic E-state index is 0.0129. The molecule has 2 N–H and O–H groups in total. The van der Waals surface area contributed by atoms with E-state index in [0.29, 0.717) is 12.8 Å². The van der Waals surface area contributed by atoms with E-state index in [1.54, 1.807) is 6.08 Å². The molecule has 2 aliphatic heterocycles. The van der Waals surface area contributed by atoms with E-state index in [1.807, 2.05) is 6.92 Å². The highest BCUT2D eigenvalue weighted by atomic mass is 16.6. The molecule has 0 amide bonds. The number of esters is 1. The van der Waals surface area contributed by atoms with Gasteiger partial charge in [0.05, 0.1) is 30.3 Å². The van der Waals surface area contributed by atoms with E-state index in [2.05, 4.69) is 0 Å². The summed E-state index contributed by atoms with van der Waals surface area (Å²) in [4.78, 5) is 24.5. The Morgan fingerprint density at radius 1 is 1.12 bits per heavy atom. The number of ketones is 1. The molecule has 6 nitrogen and oxygen atoms in total. The zero-order valence-corrected chi connectivity index (χ0v) is 13.4. The van der Waals surface area contributed by atoms with Gasteiger partial charge in [0.25, 0.3) is 0 Å². The largest absolute Gasteiger partial charge is 0.508 e. The molecule has 2 heterocycles. The number of ether oxygens (including phenoxy) is 2. The Bertz CT molecular complexity index is 693. The predicted octanol–water partition coefficient (Wildman–Crippen LogP) is 2.26. The lowest BCUT2D eigenvalue weighted by molar-refractivity contribution is -0.147. The lowest BCUT2D eigenvalue weighted by Crippen LogP contribution is -2.18. The number of fused-ring (bicyclic) bond motifs is 2. The average molecular weight is 332 g/mol. The predicted molar refractivity (Wildman–Crippen MR) is 85.0 cm³/mol. The summed E-state index contributed by atoms with van der Waals surface area (Å²) in [6.45, 7) is 1.81. The minimum atomic E-state index is -0.504. The van der Waals surface area contributed by atoms with Crippen molar-refractivity contribution in [3.05, 3.63) is 35.4 Å². The third kappa shape index (κ3) is 3.76. The van der Waals surface area contributed by atoms with Gasteiger partial charge in [-0.2, -0.15) is 0 Å². The maximum Gasteiger partial charge on any atom is 0.310 e. The van der Waals surface area contributed by atoms with Crippen LogP contribution in [-0.2, 0) is 20.7 Å². The van der Waals surface area contributed by atoms with Gasteiger partial charge in [-0.25, -0.2) is 0 Å². The number of benzene rings is 1. The first-order chi connectivity index (χ1) is 11.4. The number of allylic oxidation sites excluding steroid dienone is 1. The lowest BCUT2D eigenvalue weighted by Gasteiger charge is -2.14. The third-order valence-electron chi connectivity index (χ3n) is 4.28. The smallest absolute Gasteiger partial charge is 0.310 e. The number of hydrogen-bond donors (Lipinski definition) is 2. The second-order valence-electron chi connectivity index (χ2n) is 6.27. The van der Waals surface area contributed by atoms with Crippen molar-refractivity contribution < 1.29 is 29.3 Å². The fourth-order valence-electron chi connectivity index (χ4n) is 3.01. The van der Waals surface area contributed by atoms with Crippen LogP contribution in [0, 0.1) is 0 Å². The van der Waals surface area contributed by atoms with Crippen molar-refractivity contribution in [1.82, 2.24) is 0 Å². The van der Waals surface area contributed by atoms with Gasteiger partial charge in [-0.15, -0.1) is 0 Å². The Kier molecular flexibility index (Phi) is 4.57. The number of carbonyl (C=O) groups is 2. The van der Waals surface area contributed by atoms with Crippen molar-refractivity contribution in [3.63, 3.8) is 0 Å². The van der Waals surface area contributed by atoms with Crippen LogP contribution < -0.4 is 0 Å². The van der Waals surface area contributed by atoms with Gasteiger partial charge in [-0.1, -0.05) is 6.08 Å². The highest BCUT2D eigenvalue weighted by Gasteiger charge is 2.37. The van der Waals surface area contributed by atoms with E-state index in [4.69, 9.17) is 9.47 Å². The summed E-state index contributed by atoms with van der Waals surface area (Å²) in [5.74, 6) is -1.49. The first-order valence-electron chi connectivity index (χ1n) is 8.04. The highest BCUT2D eigenvalue weighted by molar-refractivity contribution is 6.08. The highest BCUT2D eigenvalue weighted by Crippen LogP contribution is 2.32. The molecular weight excluding hydrogens is 312 g/mol. The van der Waals surface area contributed by atoms with E-state index in [9.17, 15) is 19.8 Å². The fraction of sp³-hybridized carbons (Fsp3) is 0.444. The Morgan fingerprint density at radius 3 is 2.71 bits per heavy atom. The zero-order valence-electron chi connectivity index (χ0n) is 13.4. The molecule has 3 rings (SSSR count). The van der Waals surface area contributed by atoms with Crippen LogP contribution in [0.4, 0.5) is 0 Å². The van der Waals surface area contributed by atoms with Crippen LogP contribution >= 0.6 is 0 Å². The quantitative estimate of drug-likeness (QED) is 0.559. The van der Waals surface area contributed by atoms with Gasteiger partial charge in [0.2, 0.25) is 0 Å². The molecule has 2 aliphatic rings. The number of carbonyl (C=O) groups excluding carboxylic acids is 2. The molecule has 128 valence electrons. The van der Waals surface area contributed by atoms with Crippen molar-refractivity contribution in [2.45, 2.75) is 50.9 Å². The molecule has 1 aromatic carbocycles. The number of hydrogen-bond acceptors (Lipinski definition) is 6. The lowest BCUT2D eigenvalue weighted by atomic mass is 9.98. The summed E-state index contributed by atoms with van der Waals surface area (Å²) in [5.41, 5.74) is 0.260. The summed E-state index contributed by atoms with van der Waals surface area (Å²) < 4.78 is 10.9. The van der Waals surface area contributed by atoms with Crippen molar-refractivity contribution in [2.75, 3.05) is 0 Å². The molecule has 0 bridgehead atoms. The molecule has 3 atom stereocenters. The van der Waals surface area contributed by atoms with Crippen LogP contribution in [-0.4, -0.2) is 40.3 Å². The number of phenolic OH excluding ortho intramolecular Hbond substituents is 2. The molecule has 0 spiro atoms. The molecule has 1 saturated heterocycles. The van der Waals surface area contributed by atoms with E-state index >= 15 is 0 Å². The van der Waals surface area contributed by atoms with Crippen LogP contribution in [0.25, 0.3) is 0 Å². The van der Waals surface area contributed by atoms with Crippen LogP contribution in [0.5, 0.6) is 11.5 Å². The van der Waals surface area contributed by atoms with E-state index < -0.39 is 11.8 Å². The number of aromatic hydroxyl groups is 2. The number of phenols is 2. The normalized spacial score (nSPS) is 29.0. The molecule has 0 saturated carbocycles. The summed E-state index contributed by atoms with van der Waals surface area (Å²) in [7, 11) is 0. The monoisotopic (exact) mass is 332 g/mol. The molecule has 24 heavy (non-hydrogen) atoms. The van der Waals surface area contributed by atoms with Gasteiger partial charge in [0.15, 0.2) is 5.78 Å². The maximum absolute atomic E-state index is 12.4. The number of rotatable bonds is 0. The van der Waals surface area contributed by atoms with Crippen molar-refractivity contribution in [2.24, 2.45) is 0 Å². The first-order valence-corrected chi connectivity index (χ1v) is 8.04. The Morgan fingerprint density at radius 2 is 1.92 bits per heavy atom. The number of cyclic esters (lactones) is 1. The summed E-state index contributed by atoms with van der Waals surface area (Å²) in [6.07, 6.45) is 5.00. The summed E-state index contributed by atoms with van der Waals surface area (Å²) >= 11 is 0. The third-order valence-corrected chi connectivity index (χ3v) is 4.28. The van der Waals surface area contributed by atoms with Crippen molar-refractivity contribution >= 4 is 11.8 Å².